The Hall–Kier alpha value is -0.870. The number of carbonyl (C=O) groups excluding carboxylic acids is 2. The number of halogens is 1. The minimum Gasteiger partial charge on any atom is -0.393 e. The van der Waals surface area contributed by atoms with Gasteiger partial charge in [-0.2, -0.15) is 0 Å². The van der Waals surface area contributed by atoms with Crippen LogP contribution in [0.4, 0.5) is 0 Å². The minimum absolute atomic E-state index is 0.0137. The smallest absolute Gasteiger partial charge is 0.320 e. The van der Waals surface area contributed by atoms with Crippen LogP contribution < -0.4 is 0 Å². The molecule has 4 nitrogen and oxygen atoms in total. The number of hydrogen-bond donors (Lipinski definition) is 0. The van der Waals surface area contributed by atoms with Crippen LogP contribution in [-0.4, -0.2) is 24.6 Å². The lowest BCUT2D eigenvalue weighted by molar-refractivity contribution is -0.154. The van der Waals surface area contributed by atoms with Gasteiger partial charge in [-0.15, -0.1) is 0 Å². The molecule has 1 aliphatic carbocycles. The van der Waals surface area contributed by atoms with E-state index in [0.29, 0.717) is 11.6 Å². The van der Waals surface area contributed by atoms with E-state index in [9.17, 15) is 9.59 Å². The fraction of sp³-hybridized carbons (Fsp3) is 0.600. The van der Waals surface area contributed by atoms with Crippen LogP contribution in [0.3, 0.4) is 0 Å². The van der Waals surface area contributed by atoms with Gasteiger partial charge in [-0.05, 0) is 12.3 Å². The third-order valence-electron chi connectivity index (χ3n) is 3.31. The largest absolute Gasteiger partial charge is 0.393 e. The van der Waals surface area contributed by atoms with Crippen molar-refractivity contribution in [1.82, 2.24) is 0 Å². The van der Waals surface area contributed by atoms with Gasteiger partial charge in [0, 0.05) is 11.6 Å². The van der Waals surface area contributed by atoms with Crippen molar-refractivity contribution in [2.75, 3.05) is 6.61 Å². The molecule has 2 bridgehead atoms. The Morgan fingerprint density at radius 2 is 2.00 bits per heavy atom. The Bertz CT molecular complexity index is 376. The lowest BCUT2D eigenvalue weighted by Crippen LogP contribution is -2.37. The molecule has 0 N–H and O–H groups in total. The summed E-state index contributed by atoms with van der Waals surface area (Å²) in [5.74, 6) is -1.84. The Kier molecular flexibility index (Phi) is 1.91. The molecule has 3 heterocycles. The van der Waals surface area contributed by atoms with E-state index < -0.39 is 24.0 Å². The zero-order valence-electron chi connectivity index (χ0n) is 7.81. The highest BCUT2D eigenvalue weighted by atomic mass is 35.5. The second kappa shape index (κ2) is 3.06. The second-order valence-corrected chi connectivity index (χ2v) is 4.52. The first-order chi connectivity index (χ1) is 7.18. The molecule has 0 aromatic rings. The third-order valence-corrected chi connectivity index (χ3v) is 3.65. The van der Waals surface area contributed by atoms with Gasteiger partial charge in [0.25, 0.3) is 0 Å². The van der Waals surface area contributed by atoms with Gasteiger partial charge in [0.1, 0.15) is 12.0 Å². The molecule has 5 heteroatoms. The average molecular weight is 229 g/mol. The quantitative estimate of drug-likeness (QED) is 0.456. The lowest BCUT2D eigenvalue weighted by atomic mass is 9.75. The van der Waals surface area contributed by atoms with E-state index in [-0.39, 0.29) is 11.8 Å². The molecule has 15 heavy (non-hydrogen) atoms. The number of cyclic esters (lactones) is 2. The molecule has 3 aliphatic heterocycles. The van der Waals surface area contributed by atoms with Crippen LogP contribution in [0.25, 0.3) is 0 Å². The minimum atomic E-state index is -0.525. The second-order valence-electron chi connectivity index (χ2n) is 4.09. The van der Waals surface area contributed by atoms with Crippen molar-refractivity contribution in [2.45, 2.75) is 12.5 Å². The number of allylic oxidation sites excluding steroid dienone is 1. The summed E-state index contributed by atoms with van der Waals surface area (Å²) < 4.78 is 10.1. The van der Waals surface area contributed by atoms with E-state index in [1.165, 1.54) is 0 Å². The number of carbonyl (C=O) groups is 2. The van der Waals surface area contributed by atoms with Crippen molar-refractivity contribution in [3.05, 3.63) is 11.1 Å². The van der Waals surface area contributed by atoms with Crippen LogP contribution in [0.2, 0.25) is 0 Å². The van der Waals surface area contributed by atoms with E-state index in [2.05, 4.69) is 4.74 Å². The molecule has 0 radical (unpaired) electrons. The van der Waals surface area contributed by atoms with Gasteiger partial charge in [-0.25, -0.2) is 0 Å². The van der Waals surface area contributed by atoms with Gasteiger partial charge in [-0.1, -0.05) is 17.7 Å². The topological polar surface area (TPSA) is 52.6 Å². The van der Waals surface area contributed by atoms with Crippen molar-refractivity contribution in [3.8, 4) is 0 Å². The third kappa shape index (κ3) is 1.18. The van der Waals surface area contributed by atoms with E-state index in [1.807, 2.05) is 6.08 Å². The molecule has 4 rings (SSSR count). The van der Waals surface area contributed by atoms with Crippen LogP contribution in [0.1, 0.15) is 6.42 Å². The van der Waals surface area contributed by atoms with Gasteiger partial charge in [-0.3, -0.25) is 9.59 Å². The van der Waals surface area contributed by atoms with E-state index in [1.54, 1.807) is 0 Å². The number of fused-ring (bicyclic) bond motifs is 2. The van der Waals surface area contributed by atoms with Gasteiger partial charge in [0.05, 0.1) is 5.92 Å². The van der Waals surface area contributed by atoms with E-state index >= 15 is 0 Å². The molecule has 4 unspecified atom stereocenters. The Balaban J connectivity index is 2.09. The zero-order chi connectivity index (χ0) is 10.6. The fourth-order valence-corrected chi connectivity index (χ4v) is 2.99. The molecule has 2 saturated heterocycles. The average Bonchev–Trinajstić information content (AvgIpc) is 2.40. The first-order valence-electron chi connectivity index (χ1n) is 4.93. The van der Waals surface area contributed by atoms with E-state index in [4.69, 9.17) is 16.3 Å². The Morgan fingerprint density at radius 1 is 1.27 bits per heavy atom. The van der Waals surface area contributed by atoms with Crippen LogP contribution >= 0.6 is 11.6 Å². The van der Waals surface area contributed by atoms with Crippen molar-refractivity contribution >= 4 is 23.5 Å². The summed E-state index contributed by atoms with van der Waals surface area (Å²) in [6, 6.07) is 0. The summed E-state index contributed by atoms with van der Waals surface area (Å²) >= 11 is 6.01. The predicted octanol–water partition coefficient (Wildman–Crippen LogP) is 0.844. The van der Waals surface area contributed by atoms with Gasteiger partial charge in [0.2, 0.25) is 0 Å². The standard InChI is InChI=1S/C10H9ClO4/c11-5-3-4-1-2-14-8(5)7-6(4)9(12)15-10(7)13/h3-4,6-8H,1-2H2. The number of hydrogen-bond acceptors (Lipinski definition) is 4. The lowest BCUT2D eigenvalue weighted by Gasteiger charge is -2.27. The summed E-state index contributed by atoms with van der Waals surface area (Å²) in [6.07, 6.45) is 2.07. The van der Waals surface area contributed by atoms with Crippen molar-refractivity contribution in [3.63, 3.8) is 0 Å². The van der Waals surface area contributed by atoms with Gasteiger partial charge >= 0.3 is 11.9 Å². The van der Waals surface area contributed by atoms with Gasteiger partial charge < -0.3 is 9.47 Å². The van der Waals surface area contributed by atoms with Crippen molar-refractivity contribution in [2.24, 2.45) is 17.8 Å². The molecule has 0 amide bonds. The normalized spacial score (nSPS) is 43.4. The molecular weight excluding hydrogens is 220 g/mol. The molecule has 4 atom stereocenters. The molecule has 0 saturated carbocycles. The maximum absolute atomic E-state index is 11.5. The Morgan fingerprint density at radius 3 is 2.80 bits per heavy atom. The van der Waals surface area contributed by atoms with Crippen LogP contribution in [0.5, 0.6) is 0 Å². The summed E-state index contributed by atoms with van der Waals surface area (Å²) in [5.41, 5.74) is 0. The summed E-state index contributed by atoms with van der Waals surface area (Å²) in [7, 11) is 0. The maximum Gasteiger partial charge on any atom is 0.320 e. The van der Waals surface area contributed by atoms with Gasteiger partial charge in [0.15, 0.2) is 0 Å². The first-order valence-corrected chi connectivity index (χ1v) is 5.30. The van der Waals surface area contributed by atoms with Crippen LogP contribution in [0.15, 0.2) is 11.1 Å². The predicted molar refractivity (Wildman–Crippen MR) is 49.9 cm³/mol. The highest BCUT2D eigenvalue weighted by molar-refractivity contribution is 6.30. The molecular formula is C10H9ClO4. The van der Waals surface area contributed by atoms with E-state index in [0.717, 1.165) is 6.42 Å². The van der Waals surface area contributed by atoms with Crippen LogP contribution in [0, 0.1) is 17.8 Å². The Labute approximate surface area is 91.2 Å². The van der Waals surface area contributed by atoms with Crippen molar-refractivity contribution < 1.29 is 19.1 Å². The molecule has 0 spiro atoms. The fourth-order valence-electron chi connectivity index (χ4n) is 2.63. The number of rotatable bonds is 0. The monoisotopic (exact) mass is 228 g/mol. The van der Waals surface area contributed by atoms with Crippen molar-refractivity contribution in [1.29, 1.82) is 0 Å². The molecule has 2 fully saturated rings. The number of esters is 2. The summed E-state index contributed by atoms with van der Waals surface area (Å²) in [5, 5.41) is 0.533. The first kappa shape index (κ1) is 9.36. The molecule has 0 aromatic heterocycles. The highest BCUT2D eigenvalue weighted by Gasteiger charge is 2.56. The SMILES string of the molecule is O=C1OC(=O)C2C3OCCC(C=C3Cl)C12. The summed E-state index contributed by atoms with van der Waals surface area (Å²) in [4.78, 5) is 23.0. The highest BCUT2D eigenvalue weighted by Crippen LogP contribution is 2.45. The maximum atomic E-state index is 11.5. The molecule has 4 aliphatic rings. The zero-order valence-corrected chi connectivity index (χ0v) is 8.57. The van der Waals surface area contributed by atoms with Crippen LogP contribution in [-0.2, 0) is 19.1 Å². The molecule has 80 valence electrons. The summed E-state index contributed by atoms with van der Waals surface area (Å²) in [6.45, 7) is 0.537. The number of ether oxygens (including phenoxy) is 2. The molecule has 0 aromatic carbocycles.